The number of carbonyl (C=O) groups is 2. The second-order valence-corrected chi connectivity index (χ2v) is 3.51. The molecule has 4 unspecified atom stereocenters. The number of hydrogen-bond acceptors (Lipinski definition) is 4. The summed E-state index contributed by atoms with van der Waals surface area (Å²) in [6.07, 6.45) is 4.09. The molecular formula is C9H9N3O3. The van der Waals surface area contributed by atoms with E-state index in [4.69, 9.17) is 15.7 Å². The van der Waals surface area contributed by atoms with E-state index < -0.39 is 35.9 Å². The van der Waals surface area contributed by atoms with Crippen LogP contribution in [0.25, 0.3) is 0 Å². The van der Waals surface area contributed by atoms with Crippen molar-refractivity contribution in [2.24, 2.45) is 17.6 Å². The van der Waals surface area contributed by atoms with E-state index in [9.17, 15) is 9.59 Å². The number of ether oxygens (including phenoxy) is 1. The molecule has 78 valence electrons. The van der Waals surface area contributed by atoms with Crippen LogP contribution in [0.2, 0.25) is 0 Å². The molecule has 0 aromatic rings. The van der Waals surface area contributed by atoms with Crippen LogP contribution < -0.4 is 11.1 Å². The largest absolute Gasteiger partial charge is 0.369 e. The van der Waals surface area contributed by atoms with Crippen LogP contribution >= 0.6 is 0 Å². The van der Waals surface area contributed by atoms with Crippen molar-refractivity contribution >= 4 is 11.8 Å². The third kappa shape index (κ3) is 1.37. The fraction of sp³-hybridized carbons (Fsp3) is 0.444. The van der Waals surface area contributed by atoms with E-state index in [0.29, 0.717) is 0 Å². The van der Waals surface area contributed by atoms with Crippen LogP contribution in [0.4, 0.5) is 0 Å². The number of nitrogens with one attached hydrogen (secondary N) is 1. The van der Waals surface area contributed by atoms with Crippen LogP contribution in [0.1, 0.15) is 0 Å². The molecule has 0 spiro atoms. The van der Waals surface area contributed by atoms with Crippen molar-refractivity contribution in [1.29, 1.82) is 5.26 Å². The van der Waals surface area contributed by atoms with Gasteiger partial charge >= 0.3 is 0 Å². The Morgan fingerprint density at radius 2 is 1.93 bits per heavy atom. The van der Waals surface area contributed by atoms with Gasteiger partial charge in [0, 0.05) is 0 Å². The molecule has 0 radical (unpaired) electrons. The fourth-order valence-corrected chi connectivity index (χ4v) is 2.10. The Bertz CT molecular complexity index is 385. The summed E-state index contributed by atoms with van der Waals surface area (Å²) in [6.45, 7) is 0. The van der Waals surface area contributed by atoms with Crippen LogP contribution in [0.3, 0.4) is 0 Å². The normalized spacial score (nSPS) is 36.2. The molecule has 6 nitrogen and oxygen atoms in total. The summed E-state index contributed by atoms with van der Waals surface area (Å²) in [7, 11) is 0. The molecule has 2 aliphatic rings. The lowest BCUT2D eigenvalue weighted by Crippen LogP contribution is -2.43. The highest BCUT2D eigenvalue weighted by Crippen LogP contribution is 2.38. The second kappa shape index (κ2) is 3.37. The molecule has 0 aromatic heterocycles. The van der Waals surface area contributed by atoms with Crippen molar-refractivity contribution < 1.29 is 14.3 Å². The highest BCUT2D eigenvalue weighted by atomic mass is 16.5. The van der Waals surface area contributed by atoms with Crippen LogP contribution in [0, 0.1) is 23.3 Å². The number of nitriles is 1. The summed E-state index contributed by atoms with van der Waals surface area (Å²) >= 11 is 0. The predicted octanol–water partition coefficient (Wildman–Crippen LogP) is -1.36. The molecule has 2 heterocycles. The zero-order valence-corrected chi connectivity index (χ0v) is 7.71. The van der Waals surface area contributed by atoms with Crippen molar-refractivity contribution in [2.45, 2.75) is 12.2 Å². The summed E-state index contributed by atoms with van der Waals surface area (Å²) in [6, 6.07) is 0. The Labute approximate surface area is 85.7 Å². The average Bonchev–Trinajstić information content (AvgIpc) is 2.76. The van der Waals surface area contributed by atoms with Gasteiger partial charge in [0.25, 0.3) is 0 Å². The number of amides is 2. The third-order valence-corrected chi connectivity index (χ3v) is 2.71. The van der Waals surface area contributed by atoms with Crippen molar-refractivity contribution in [3.8, 4) is 6.19 Å². The average molecular weight is 207 g/mol. The predicted molar refractivity (Wildman–Crippen MR) is 47.7 cm³/mol. The highest BCUT2D eigenvalue weighted by Gasteiger charge is 2.52. The molecule has 15 heavy (non-hydrogen) atoms. The Balaban J connectivity index is 2.23. The van der Waals surface area contributed by atoms with E-state index in [0.717, 1.165) is 0 Å². The second-order valence-electron chi connectivity index (χ2n) is 3.51. The first-order valence-electron chi connectivity index (χ1n) is 4.47. The number of hydrogen-bond donors (Lipinski definition) is 2. The molecule has 4 atom stereocenters. The first-order valence-corrected chi connectivity index (χ1v) is 4.47. The van der Waals surface area contributed by atoms with Crippen LogP contribution in [-0.2, 0) is 14.3 Å². The van der Waals surface area contributed by atoms with E-state index in [1.165, 1.54) is 6.19 Å². The molecule has 1 fully saturated rings. The number of carbonyl (C=O) groups excluding carboxylic acids is 2. The maximum absolute atomic E-state index is 11.5. The topological polar surface area (TPSA) is 105 Å². The van der Waals surface area contributed by atoms with E-state index in [2.05, 4.69) is 0 Å². The van der Waals surface area contributed by atoms with Crippen LogP contribution in [0.15, 0.2) is 12.2 Å². The van der Waals surface area contributed by atoms with Crippen LogP contribution in [-0.4, -0.2) is 24.0 Å². The summed E-state index contributed by atoms with van der Waals surface area (Å²) in [5.41, 5.74) is 5.19. The number of primary amides is 1. The first-order chi connectivity index (χ1) is 7.15. The van der Waals surface area contributed by atoms with Crippen molar-refractivity contribution in [3.05, 3.63) is 12.2 Å². The van der Waals surface area contributed by atoms with Gasteiger partial charge in [-0.15, -0.1) is 0 Å². The van der Waals surface area contributed by atoms with E-state index >= 15 is 0 Å². The van der Waals surface area contributed by atoms with Crippen molar-refractivity contribution in [3.63, 3.8) is 0 Å². The smallest absolute Gasteiger partial charge is 0.239 e. The molecule has 2 bridgehead atoms. The van der Waals surface area contributed by atoms with Gasteiger partial charge in [-0.3, -0.25) is 14.9 Å². The first kappa shape index (κ1) is 9.68. The van der Waals surface area contributed by atoms with Gasteiger partial charge in [0.05, 0.1) is 24.0 Å². The Morgan fingerprint density at radius 1 is 1.33 bits per heavy atom. The van der Waals surface area contributed by atoms with E-state index in [1.807, 2.05) is 5.32 Å². The minimum atomic E-state index is -0.683. The molecule has 6 heteroatoms. The minimum absolute atomic E-state index is 0.429. The van der Waals surface area contributed by atoms with Gasteiger partial charge in [-0.05, 0) is 0 Å². The molecule has 2 aliphatic heterocycles. The number of nitrogens with zero attached hydrogens (tertiary/aromatic N) is 1. The molecule has 0 aliphatic carbocycles. The van der Waals surface area contributed by atoms with Gasteiger partial charge in [-0.1, -0.05) is 12.2 Å². The van der Waals surface area contributed by atoms with Crippen molar-refractivity contribution in [1.82, 2.24) is 5.32 Å². The minimum Gasteiger partial charge on any atom is -0.369 e. The molecule has 0 saturated carbocycles. The van der Waals surface area contributed by atoms with Gasteiger partial charge < -0.3 is 10.5 Å². The number of rotatable bonds is 2. The van der Waals surface area contributed by atoms with Crippen LogP contribution in [0.5, 0.6) is 0 Å². The maximum Gasteiger partial charge on any atom is 0.239 e. The molecule has 1 saturated heterocycles. The molecule has 2 rings (SSSR count). The standard InChI is InChI=1S/C9H9N3O3/c10-3-12-9(14)7-5-2-1-4(15-5)6(7)8(11)13/h1-2,4-7H,(H2,11,13)(H,12,14). The maximum atomic E-state index is 11.5. The Morgan fingerprint density at radius 3 is 2.47 bits per heavy atom. The third-order valence-electron chi connectivity index (χ3n) is 2.71. The zero-order chi connectivity index (χ0) is 11.0. The lowest BCUT2D eigenvalue weighted by atomic mass is 9.82. The lowest BCUT2D eigenvalue weighted by molar-refractivity contribution is -0.131. The number of nitrogens with two attached hydrogens (primary N) is 1. The van der Waals surface area contributed by atoms with Gasteiger partial charge in [0.1, 0.15) is 0 Å². The Kier molecular flexibility index (Phi) is 2.17. The fourth-order valence-electron chi connectivity index (χ4n) is 2.10. The number of fused-ring (bicyclic) bond motifs is 2. The van der Waals surface area contributed by atoms with Gasteiger partial charge in [0.15, 0.2) is 6.19 Å². The van der Waals surface area contributed by atoms with E-state index in [1.54, 1.807) is 12.2 Å². The summed E-state index contributed by atoms with van der Waals surface area (Å²) in [5, 5.41) is 10.3. The van der Waals surface area contributed by atoms with E-state index in [-0.39, 0.29) is 0 Å². The summed E-state index contributed by atoms with van der Waals surface area (Å²) in [4.78, 5) is 22.7. The monoisotopic (exact) mass is 207 g/mol. The van der Waals surface area contributed by atoms with Crippen molar-refractivity contribution in [2.75, 3.05) is 0 Å². The SMILES string of the molecule is N#CNC(=O)C1C2C=CC(O2)C1C(N)=O. The Hall–Kier alpha value is -1.87. The van der Waals surface area contributed by atoms with Gasteiger partial charge in [-0.25, -0.2) is 0 Å². The quantitative estimate of drug-likeness (QED) is 0.331. The lowest BCUT2D eigenvalue weighted by Gasteiger charge is -2.19. The van der Waals surface area contributed by atoms with Gasteiger partial charge in [-0.2, -0.15) is 5.26 Å². The molecule has 3 N–H and O–H groups in total. The highest BCUT2D eigenvalue weighted by molar-refractivity contribution is 5.90. The van der Waals surface area contributed by atoms with Gasteiger partial charge in [0.2, 0.25) is 11.8 Å². The summed E-state index contributed by atoms with van der Waals surface area (Å²) in [5.74, 6) is -2.45. The molecule has 2 amide bonds. The zero-order valence-electron chi connectivity index (χ0n) is 7.71. The molecular weight excluding hydrogens is 198 g/mol. The summed E-state index contributed by atoms with van der Waals surface area (Å²) < 4.78 is 5.34. The molecule has 0 aromatic carbocycles.